The molecule has 3 aromatic rings. The molecule has 0 aliphatic rings. The SMILES string of the molecule is Cc1ccc(C(N)=O)cc1Nc1ncc(Cl)c(Nc2ccccc2NC(=O)C(C)(C)C)n1. The standard InChI is InChI=1S/C23H25ClN6O2/c1-13-9-10-14(19(25)31)11-18(13)29-22-26-12-15(24)20(30-22)27-16-7-5-6-8-17(16)28-21(32)23(2,3)4/h5-12H,1-4H3,(H2,25,31)(H,28,32)(H2,26,27,29,30). The molecule has 8 nitrogen and oxygen atoms in total. The number of nitrogens with two attached hydrogens (primary N) is 1. The molecule has 166 valence electrons. The smallest absolute Gasteiger partial charge is 0.248 e. The number of aryl methyl sites for hydroxylation is 1. The summed E-state index contributed by atoms with van der Waals surface area (Å²) in [5.41, 5.74) is 7.96. The van der Waals surface area contributed by atoms with E-state index < -0.39 is 11.3 Å². The van der Waals surface area contributed by atoms with E-state index in [0.717, 1.165) is 5.56 Å². The van der Waals surface area contributed by atoms with Gasteiger partial charge in [0.15, 0.2) is 5.82 Å². The van der Waals surface area contributed by atoms with Gasteiger partial charge < -0.3 is 21.7 Å². The minimum atomic E-state index is -0.548. The van der Waals surface area contributed by atoms with E-state index in [2.05, 4.69) is 25.9 Å². The first-order valence-corrected chi connectivity index (χ1v) is 10.3. The Hall–Kier alpha value is -3.65. The predicted octanol–water partition coefficient (Wildman–Crippen LogP) is 5.01. The molecule has 0 saturated carbocycles. The highest BCUT2D eigenvalue weighted by Gasteiger charge is 2.22. The lowest BCUT2D eigenvalue weighted by molar-refractivity contribution is -0.123. The van der Waals surface area contributed by atoms with Crippen molar-refractivity contribution in [1.29, 1.82) is 0 Å². The van der Waals surface area contributed by atoms with Crippen LogP contribution in [0.2, 0.25) is 5.02 Å². The van der Waals surface area contributed by atoms with Gasteiger partial charge in [-0.15, -0.1) is 0 Å². The summed E-state index contributed by atoms with van der Waals surface area (Å²) in [5.74, 6) is -0.0165. The number of nitrogens with one attached hydrogen (secondary N) is 3. The van der Waals surface area contributed by atoms with E-state index >= 15 is 0 Å². The number of anilines is 5. The van der Waals surface area contributed by atoms with Crippen LogP contribution in [0.3, 0.4) is 0 Å². The van der Waals surface area contributed by atoms with Crippen LogP contribution < -0.4 is 21.7 Å². The van der Waals surface area contributed by atoms with E-state index in [1.165, 1.54) is 6.20 Å². The zero-order chi connectivity index (χ0) is 23.5. The van der Waals surface area contributed by atoms with Crippen molar-refractivity contribution < 1.29 is 9.59 Å². The molecule has 0 radical (unpaired) electrons. The van der Waals surface area contributed by atoms with Crippen LogP contribution in [0.5, 0.6) is 0 Å². The Balaban J connectivity index is 1.88. The van der Waals surface area contributed by atoms with Crippen molar-refractivity contribution in [3.8, 4) is 0 Å². The van der Waals surface area contributed by atoms with Gasteiger partial charge in [0.25, 0.3) is 0 Å². The van der Waals surface area contributed by atoms with Crippen LogP contribution in [-0.2, 0) is 4.79 Å². The number of para-hydroxylation sites is 2. The summed E-state index contributed by atoms with van der Waals surface area (Å²) in [5, 5.41) is 9.47. The molecule has 1 aromatic heterocycles. The number of hydrogen-bond acceptors (Lipinski definition) is 6. The number of carbonyl (C=O) groups excluding carboxylic acids is 2. The van der Waals surface area contributed by atoms with Gasteiger partial charge in [0.05, 0.1) is 17.6 Å². The van der Waals surface area contributed by atoms with Gasteiger partial charge in [-0.3, -0.25) is 9.59 Å². The van der Waals surface area contributed by atoms with Crippen LogP contribution in [0.25, 0.3) is 0 Å². The first-order chi connectivity index (χ1) is 15.0. The fourth-order valence-electron chi connectivity index (χ4n) is 2.68. The number of carbonyl (C=O) groups is 2. The van der Waals surface area contributed by atoms with Crippen molar-refractivity contribution >= 4 is 52.2 Å². The number of hydrogen-bond donors (Lipinski definition) is 4. The van der Waals surface area contributed by atoms with Crippen molar-refractivity contribution in [3.63, 3.8) is 0 Å². The van der Waals surface area contributed by atoms with E-state index in [0.29, 0.717) is 33.5 Å². The highest BCUT2D eigenvalue weighted by Crippen LogP contribution is 2.30. The zero-order valence-corrected chi connectivity index (χ0v) is 19.0. The summed E-state index contributed by atoms with van der Waals surface area (Å²) >= 11 is 6.31. The van der Waals surface area contributed by atoms with E-state index in [1.54, 1.807) is 24.3 Å². The van der Waals surface area contributed by atoms with Crippen LogP contribution in [0.4, 0.5) is 28.8 Å². The molecule has 0 bridgehead atoms. The third-order valence-corrected chi connectivity index (χ3v) is 4.90. The normalized spacial score (nSPS) is 11.0. The van der Waals surface area contributed by atoms with Crippen LogP contribution in [0, 0.1) is 12.3 Å². The minimum Gasteiger partial charge on any atom is -0.366 e. The summed E-state index contributed by atoms with van der Waals surface area (Å²) in [6, 6.07) is 12.3. The molecule has 0 fully saturated rings. The van der Waals surface area contributed by atoms with Gasteiger partial charge in [-0.1, -0.05) is 50.6 Å². The van der Waals surface area contributed by atoms with Gasteiger partial charge >= 0.3 is 0 Å². The molecule has 5 N–H and O–H groups in total. The average Bonchev–Trinajstić information content (AvgIpc) is 2.72. The van der Waals surface area contributed by atoms with E-state index in [4.69, 9.17) is 17.3 Å². The highest BCUT2D eigenvalue weighted by atomic mass is 35.5. The second kappa shape index (κ2) is 9.23. The van der Waals surface area contributed by atoms with Gasteiger partial charge in [-0.05, 0) is 36.8 Å². The molecule has 3 rings (SSSR count). The molecular formula is C23H25ClN6O2. The summed E-state index contributed by atoms with van der Waals surface area (Å²) in [6.07, 6.45) is 1.46. The number of rotatable bonds is 6. The summed E-state index contributed by atoms with van der Waals surface area (Å²) < 4.78 is 0. The van der Waals surface area contributed by atoms with Crippen molar-refractivity contribution in [3.05, 3.63) is 64.8 Å². The Kier molecular flexibility index (Phi) is 6.64. The van der Waals surface area contributed by atoms with Crippen molar-refractivity contribution in [2.24, 2.45) is 11.1 Å². The molecule has 1 heterocycles. The lowest BCUT2D eigenvalue weighted by atomic mass is 9.95. The number of benzene rings is 2. The fraction of sp³-hybridized carbons (Fsp3) is 0.217. The second-order valence-corrected chi connectivity index (χ2v) is 8.69. The predicted molar refractivity (Wildman–Crippen MR) is 128 cm³/mol. The molecule has 0 aliphatic carbocycles. The van der Waals surface area contributed by atoms with Crippen LogP contribution >= 0.6 is 11.6 Å². The summed E-state index contributed by atoms with van der Waals surface area (Å²) in [7, 11) is 0. The maximum absolute atomic E-state index is 12.4. The molecular weight excluding hydrogens is 428 g/mol. The third kappa shape index (κ3) is 5.53. The van der Waals surface area contributed by atoms with Crippen molar-refractivity contribution in [1.82, 2.24) is 9.97 Å². The lowest BCUT2D eigenvalue weighted by Crippen LogP contribution is -2.27. The Morgan fingerprint density at radius 2 is 1.69 bits per heavy atom. The molecule has 0 aliphatic heterocycles. The van der Waals surface area contributed by atoms with Gasteiger partial charge in [-0.2, -0.15) is 4.98 Å². The summed E-state index contributed by atoms with van der Waals surface area (Å²) in [4.78, 5) is 32.6. The Bertz CT molecular complexity index is 1170. The summed E-state index contributed by atoms with van der Waals surface area (Å²) in [6.45, 7) is 7.41. The maximum Gasteiger partial charge on any atom is 0.248 e. The molecule has 0 atom stereocenters. The third-order valence-electron chi connectivity index (χ3n) is 4.62. The molecule has 2 aromatic carbocycles. The Morgan fingerprint density at radius 3 is 2.34 bits per heavy atom. The quantitative estimate of drug-likeness (QED) is 0.417. The van der Waals surface area contributed by atoms with Crippen molar-refractivity contribution in [2.75, 3.05) is 16.0 Å². The number of aromatic nitrogens is 2. The van der Waals surface area contributed by atoms with Gasteiger partial charge in [-0.25, -0.2) is 4.98 Å². The molecule has 32 heavy (non-hydrogen) atoms. The maximum atomic E-state index is 12.4. The van der Waals surface area contributed by atoms with Crippen LogP contribution in [-0.4, -0.2) is 21.8 Å². The molecule has 9 heteroatoms. The second-order valence-electron chi connectivity index (χ2n) is 8.28. The Morgan fingerprint density at radius 1 is 1.00 bits per heavy atom. The van der Waals surface area contributed by atoms with Gasteiger partial charge in [0.1, 0.15) is 5.02 Å². The first kappa shape index (κ1) is 23.0. The first-order valence-electron chi connectivity index (χ1n) is 9.92. The minimum absolute atomic E-state index is 0.118. The number of primary amides is 1. The number of halogens is 1. The van der Waals surface area contributed by atoms with Crippen LogP contribution in [0.15, 0.2) is 48.7 Å². The zero-order valence-electron chi connectivity index (χ0n) is 18.3. The van der Waals surface area contributed by atoms with E-state index in [-0.39, 0.29) is 11.9 Å². The van der Waals surface area contributed by atoms with Crippen LogP contribution in [0.1, 0.15) is 36.7 Å². The molecule has 2 amide bonds. The Labute approximate surface area is 191 Å². The number of nitrogens with zero attached hydrogens (tertiary/aromatic N) is 2. The fourth-order valence-corrected chi connectivity index (χ4v) is 2.82. The van der Waals surface area contributed by atoms with Gasteiger partial charge in [0, 0.05) is 16.7 Å². The molecule has 0 unspecified atom stereocenters. The monoisotopic (exact) mass is 452 g/mol. The van der Waals surface area contributed by atoms with E-state index in [1.807, 2.05) is 45.9 Å². The van der Waals surface area contributed by atoms with Crippen molar-refractivity contribution in [2.45, 2.75) is 27.7 Å². The molecule has 0 spiro atoms. The topological polar surface area (TPSA) is 122 Å². The largest absolute Gasteiger partial charge is 0.366 e. The lowest BCUT2D eigenvalue weighted by Gasteiger charge is -2.20. The average molecular weight is 453 g/mol. The van der Waals surface area contributed by atoms with Gasteiger partial charge in [0.2, 0.25) is 17.8 Å². The number of amides is 2. The highest BCUT2D eigenvalue weighted by molar-refractivity contribution is 6.33. The molecule has 0 saturated heterocycles. The van der Waals surface area contributed by atoms with E-state index in [9.17, 15) is 9.59 Å².